The van der Waals surface area contributed by atoms with Gasteiger partial charge in [-0.05, 0) is 67.1 Å². The van der Waals surface area contributed by atoms with Crippen LogP contribution in [-0.4, -0.2) is 16.5 Å². The summed E-state index contributed by atoms with van der Waals surface area (Å²) in [6, 6.07) is 11.5. The van der Waals surface area contributed by atoms with Crippen LogP contribution in [0.25, 0.3) is 0 Å². The Bertz CT molecular complexity index is 702. The van der Waals surface area contributed by atoms with Crippen LogP contribution < -0.4 is 5.49 Å². The number of aryl methyl sites for hydroxylation is 1. The number of aromatic nitrogens is 1. The number of nitrogens with zero attached hydrogens (tertiary/aromatic N) is 2. The molecule has 1 heterocycles. The monoisotopic (exact) mass is 380 g/mol. The molecule has 2 rings (SSSR count). The topological polar surface area (TPSA) is 34.4 Å². The Morgan fingerprint density at radius 3 is 2.65 bits per heavy atom. The summed E-state index contributed by atoms with van der Waals surface area (Å²) in [6.07, 6.45) is 1.77. The molecule has 104 valence electrons. The average molecular weight is 380 g/mol. The van der Waals surface area contributed by atoms with E-state index >= 15 is 0 Å². The molecule has 0 atom stereocenters. The predicted octanol–water partition coefficient (Wildman–Crippen LogP) is 3.40. The Morgan fingerprint density at radius 1 is 1.20 bits per heavy atom. The standard InChI is InChI=1S/C16H17IN2O/c1-11(2)18-14-9-4-5-10-19(14)16(20)13-8-6-7-12(3)15(13)17/h4-11H,1-3H3. The van der Waals surface area contributed by atoms with Gasteiger partial charge in [-0.1, -0.05) is 18.2 Å². The Morgan fingerprint density at radius 2 is 1.95 bits per heavy atom. The summed E-state index contributed by atoms with van der Waals surface area (Å²) in [6.45, 7) is 6.00. The molecule has 1 aromatic carbocycles. The summed E-state index contributed by atoms with van der Waals surface area (Å²) >= 11 is 2.22. The maximum atomic E-state index is 12.7. The Labute approximate surface area is 132 Å². The van der Waals surface area contributed by atoms with E-state index < -0.39 is 0 Å². The number of carbonyl (C=O) groups excluding carboxylic acids is 1. The van der Waals surface area contributed by atoms with Crippen LogP contribution in [0.3, 0.4) is 0 Å². The van der Waals surface area contributed by atoms with Gasteiger partial charge in [-0.2, -0.15) is 0 Å². The summed E-state index contributed by atoms with van der Waals surface area (Å²) in [4.78, 5) is 17.2. The zero-order valence-electron chi connectivity index (χ0n) is 11.8. The van der Waals surface area contributed by atoms with E-state index in [1.807, 2.05) is 57.2 Å². The van der Waals surface area contributed by atoms with E-state index in [0.29, 0.717) is 11.1 Å². The van der Waals surface area contributed by atoms with Crippen molar-refractivity contribution in [2.75, 3.05) is 0 Å². The van der Waals surface area contributed by atoms with Crippen LogP contribution in [0.5, 0.6) is 0 Å². The highest BCUT2D eigenvalue weighted by Crippen LogP contribution is 2.17. The number of hydrogen-bond acceptors (Lipinski definition) is 2. The maximum Gasteiger partial charge on any atom is 0.264 e. The van der Waals surface area contributed by atoms with Gasteiger partial charge in [0.25, 0.3) is 5.91 Å². The first-order valence-electron chi connectivity index (χ1n) is 6.52. The summed E-state index contributed by atoms with van der Waals surface area (Å²) in [5.41, 5.74) is 2.50. The van der Waals surface area contributed by atoms with Gasteiger partial charge < -0.3 is 0 Å². The van der Waals surface area contributed by atoms with E-state index in [1.165, 1.54) is 0 Å². The normalized spacial score (nSPS) is 11.9. The van der Waals surface area contributed by atoms with Gasteiger partial charge in [0, 0.05) is 15.8 Å². The molecular formula is C16H17IN2O. The molecule has 0 spiro atoms. The molecule has 0 aliphatic rings. The van der Waals surface area contributed by atoms with Gasteiger partial charge in [-0.3, -0.25) is 14.4 Å². The van der Waals surface area contributed by atoms with Gasteiger partial charge in [-0.15, -0.1) is 0 Å². The van der Waals surface area contributed by atoms with Crippen LogP contribution in [0.2, 0.25) is 0 Å². The van der Waals surface area contributed by atoms with E-state index in [4.69, 9.17) is 0 Å². The van der Waals surface area contributed by atoms with Crippen LogP contribution in [0, 0.1) is 10.5 Å². The molecular weight excluding hydrogens is 363 g/mol. The lowest BCUT2D eigenvalue weighted by molar-refractivity contribution is 0.0953. The van der Waals surface area contributed by atoms with E-state index in [9.17, 15) is 4.79 Å². The lowest BCUT2D eigenvalue weighted by Gasteiger charge is -2.10. The van der Waals surface area contributed by atoms with E-state index in [0.717, 1.165) is 9.13 Å². The summed E-state index contributed by atoms with van der Waals surface area (Å²) < 4.78 is 2.60. The van der Waals surface area contributed by atoms with Crippen molar-refractivity contribution in [2.24, 2.45) is 4.99 Å². The molecule has 2 aromatic rings. The van der Waals surface area contributed by atoms with Crippen LogP contribution in [-0.2, 0) is 0 Å². The van der Waals surface area contributed by atoms with Crippen molar-refractivity contribution in [1.29, 1.82) is 0 Å². The zero-order chi connectivity index (χ0) is 14.7. The molecule has 3 nitrogen and oxygen atoms in total. The number of carbonyl (C=O) groups is 1. The third-order valence-corrected chi connectivity index (χ3v) is 4.30. The van der Waals surface area contributed by atoms with Crippen molar-refractivity contribution >= 4 is 28.5 Å². The third-order valence-electron chi connectivity index (χ3n) is 2.87. The first-order valence-corrected chi connectivity index (χ1v) is 7.60. The van der Waals surface area contributed by atoms with Crippen molar-refractivity contribution in [1.82, 2.24) is 4.57 Å². The molecule has 0 saturated heterocycles. The van der Waals surface area contributed by atoms with Gasteiger partial charge in [0.15, 0.2) is 0 Å². The lowest BCUT2D eigenvalue weighted by Crippen LogP contribution is -2.28. The number of pyridine rings is 1. The first kappa shape index (κ1) is 15.0. The molecule has 0 N–H and O–H groups in total. The molecule has 0 unspecified atom stereocenters. The highest BCUT2D eigenvalue weighted by molar-refractivity contribution is 14.1. The molecule has 0 fully saturated rings. The van der Waals surface area contributed by atoms with Crippen molar-refractivity contribution in [2.45, 2.75) is 26.8 Å². The summed E-state index contributed by atoms with van der Waals surface area (Å²) in [5, 5.41) is 0. The summed E-state index contributed by atoms with van der Waals surface area (Å²) in [7, 11) is 0. The van der Waals surface area contributed by atoms with Crippen LogP contribution >= 0.6 is 22.6 Å². The second-order valence-corrected chi connectivity index (χ2v) is 5.97. The largest absolute Gasteiger partial charge is 0.268 e. The molecule has 0 aliphatic heterocycles. The van der Waals surface area contributed by atoms with Gasteiger partial charge in [-0.25, -0.2) is 0 Å². The molecule has 1 aromatic heterocycles. The van der Waals surface area contributed by atoms with E-state index in [2.05, 4.69) is 27.6 Å². The van der Waals surface area contributed by atoms with E-state index in [-0.39, 0.29) is 11.9 Å². The minimum absolute atomic E-state index is 0.0434. The van der Waals surface area contributed by atoms with Crippen LogP contribution in [0.15, 0.2) is 47.6 Å². The Hall–Kier alpha value is -1.43. The highest BCUT2D eigenvalue weighted by Gasteiger charge is 2.13. The van der Waals surface area contributed by atoms with Crippen molar-refractivity contribution in [3.8, 4) is 0 Å². The van der Waals surface area contributed by atoms with E-state index in [1.54, 1.807) is 10.8 Å². The molecule has 0 amide bonds. The van der Waals surface area contributed by atoms with Crippen molar-refractivity contribution in [3.63, 3.8) is 0 Å². The fraction of sp³-hybridized carbons (Fsp3) is 0.250. The maximum absolute atomic E-state index is 12.7. The lowest BCUT2D eigenvalue weighted by atomic mass is 10.1. The second kappa shape index (κ2) is 6.35. The second-order valence-electron chi connectivity index (χ2n) is 4.89. The molecule has 0 radical (unpaired) electrons. The van der Waals surface area contributed by atoms with Gasteiger partial charge in [0.05, 0.1) is 5.56 Å². The Balaban J connectivity index is 2.58. The van der Waals surface area contributed by atoms with Crippen LogP contribution in [0.4, 0.5) is 0 Å². The van der Waals surface area contributed by atoms with Gasteiger partial charge in [0.1, 0.15) is 5.49 Å². The smallest absolute Gasteiger partial charge is 0.264 e. The molecule has 0 aliphatic carbocycles. The van der Waals surface area contributed by atoms with Gasteiger partial charge in [0.2, 0.25) is 0 Å². The fourth-order valence-electron chi connectivity index (χ4n) is 1.92. The quantitative estimate of drug-likeness (QED) is 0.736. The van der Waals surface area contributed by atoms with Gasteiger partial charge >= 0.3 is 0 Å². The molecule has 0 bridgehead atoms. The SMILES string of the molecule is Cc1cccc(C(=O)n2ccccc2=NC(C)C)c1I. The Kier molecular flexibility index (Phi) is 4.75. The molecule has 20 heavy (non-hydrogen) atoms. The highest BCUT2D eigenvalue weighted by atomic mass is 127. The fourth-order valence-corrected chi connectivity index (χ4v) is 2.51. The van der Waals surface area contributed by atoms with Crippen molar-refractivity contribution in [3.05, 3.63) is 62.8 Å². The van der Waals surface area contributed by atoms with Crippen LogP contribution in [0.1, 0.15) is 29.8 Å². The molecule has 0 saturated carbocycles. The number of benzene rings is 1. The minimum atomic E-state index is -0.0434. The summed E-state index contributed by atoms with van der Waals surface area (Å²) in [5.74, 6) is -0.0434. The minimum Gasteiger partial charge on any atom is -0.268 e. The zero-order valence-corrected chi connectivity index (χ0v) is 14.0. The third kappa shape index (κ3) is 3.17. The molecule has 4 heteroatoms. The predicted molar refractivity (Wildman–Crippen MR) is 88.8 cm³/mol. The average Bonchev–Trinajstić information content (AvgIpc) is 2.41. The van der Waals surface area contributed by atoms with Crippen molar-refractivity contribution < 1.29 is 4.79 Å². The first-order chi connectivity index (χ1) is 9.50. The number of halogens is 1. The number of rotatable bonds is 2. The number of hydrogen-bond donors (Lipinski definition) is 0.